The van der Waals surface area contributed by atoms with Crippen LogP contribution in [0.25, 0.3) is 0 Å². The van der Waals surface area contributed by atoms with Crippen molar-refractivity contribution in [1.82, 2.24) is 4.90 Å². The maximum absolute atomic E-state index is 8.78. The Hall–Kier alpha value is -1.81. The number of nitriles is 1. The third kappa shape index (κ3) is 5.14. The molecular weight excluding hydrogens is 236 g/mol. The first-order valence-electron chi connectivity index (χ1n) is 6.47. The van der Waals surface area contributed by atoms with Crippen LogP contribution >= 0.6 is 0 Å². The zero-order chi connectivity index (χ0) is 14.1. The molecule has 3 nitrogen and oxygen atoms in total. The van der Waals surface area contributed by atoms with E-state index in [-0.39, 0.29) is 6.61 Å². The fourth-order valence-corrected chi connectivity index (χ4v) is 1.85. The normalized spacial score (nSPS) is 10.1. The van der Waals surface area contributed by atoms with Gasteiger partial charge in [0.05, 0.1) is 6.07 Å². The molecule has 0 unspecified atom stereocenters. The highest BCUT2D eigenvalue weighted by Crippen LogP contribution is 2.13. The van der Waals surface area contributed by atoms with E-state index >= 15 is 0 Å². The average molecular weight is 256 g/mol. The summed E-state index contributed by atoms with van der Waals surface area (Å²) >= 11 is 0. The number of aliphatic hydroxyl groups is 1. The zero-order valence-electron chi connectivity index (χ0n) is 11.6. The highest BCUT2D eigenvalue weighted by Gasteiger charge is 2.11. The molecule has 0 aromatic heterocycles. The predicted octanol–water partition coefficient (Wildman–Crippen LogP) is 2.15. The zero-order valence-corrected chi connectivity index (χ0v) is 11.6. The third-order valence-corrected chi connectivity index (χ3v) is 2.93. The molecule has 19 heavy (non-hydrogen) atoms. The molecule has 0 saturated heterocycles. The number of rotatable bonds is 5. The van der Waals surface area contributed by atoms with Gasteiger partial charge in [0, 0.05) is 31.1 Å². The van der Waals surface area contributed by atoms with Crippen molar-refractivity contribution in [1.29, 1.82) is 5.26 Å². The number of hydrogen-bond donors (Lipinski definition) is 1. The Kier molecular flexibility index (Phi) is 6.68. The van der Waals surface area contributed by atoms with Crippen LogP contribution in [-0.4, -0.2) is 29.2 Å². The summed E-state index contributed by atoms with van der Waals surface area (Å²) in [5.74, 6) is 5.66. The Labute approximate surface area is 115 Å². The molecule has 1 aromatic rings. The molecular formula is C16H20N2O. The van der Waals surface area contributed by atoms with Gasteiger partial charge < -0.3 is 5.11 Å². The van der Waals surface area contributed by atoms with Crippen molar-refractivity contribution < 1.29 is 5.11 Å². The van der Waals surface area contributed by atoms with Crippen molar-refractivity contribution in [3.8, 4) is 17.9 Å². The summed E-state index contributed by atoms with van der Waals surface area (Å²) in [5, 5.41) is 17.5. The minimum absolute atomic E-state index is 0.128. The van der Waals surface area contributed by atoms with Gasteiger partial charge in [-0.05, 0) is 25.5 Å². The lowest BCUT2D eigenvalue weighted by Crippen LogP contribution is -2.31. The summed E-state index contributed by atoms with van der Waals surface area (Å²) in [4.78, 5) is 2.25. The minimum Gasteiger partial charge on any atom is -0.384 e. The van der Waals surface area contributed by atoms with E-state index in [2.05, 4.69) is 36.7 Å². The largest absolute Gasteiger partial charge is 0.384 e. The van der Waals surface area contributed by atoms with Gasteiger partial charge in [-0.3, -0.25) is 4.90 Å². The van der Waals surface area contributed by atoms with Gasteiger partial charge in [0.25, 0.3) is 0 Å². The standard InChI is InChI=1S/C16H20N2O/c1-14(2)18(11-6-10-17)13-16-8-4-3-7-15(16)9-5-12-19/h3-4,7-8,14,19H,6,11-13H2,1-2H3. The Morgan fingerprint density at radius 3 is 2.68 bits per heavy atom. The summed E-state index contributed by atoms with van der Waals surface area (Å²) in [6.45, 7) is 5.65. The van der Waals surface area contributed by atoms with Crippen LogP contribution in [0.5, 0.6) is 0 Å². The van der Waals surface area contributed by atoms with Crippen molar-refractivity contribution in [3.05, 3.63) is 35.4 Å². The topological polar surface area (TPSA) is 47.3 Å². The van der Waals surface area contributed by atoms with Crippen molar-refractivity contribution in [3.63, 3.8) is 0 Å². The lowest BCUT2D eigenvalue weighted by molar-refractivity contribution is 0.217. The van der Waals surface area contributed by atoms with E-state index in [4.69, 9.17) is 10.4 Å². The first kappa shape index (κ1) is 15.2. The lowest BCUT2D eigenvalue weighted by atomic mass is 10.1. The molecule has 1 aromatic carbocycles. The second-order valence-corrected chi connectivity index (χ2v) is 4.59. The van der Waals surface area contributed by atoms with Gasteiger partial charge in [-0.15, -0.1) is 0 Å². The van der Waals surface area contributed by atoms with E-state index in [9.17, 15) is 0 Å². The van der Waals surface area contributed by atoms with Gasteiger partial charge >= 0.3 is 0 Å². The smallest absolute Gasteiger partial charge is 0.104 e. The monoisotopic (exact) mass is 256 g/mol. The van der Waals surface area contributed by atoms with Gasteiger partial charge in [0.2, 0.25) is 0 Å². The lowest BCUT2D eigenvalue weighted by Gasteiger charge is -2.26. The molecule has 1 N–H and O–H groups in total. The summed E-state index contributed by atoms with van der Waals surface area (Å²) < 4.78 is 0. The number of benzene rings is 1. The predicted molar refractivity (Wildman–Crippen MR) is 76.2 cm³/mol. The van der Waals surface area contributed by atoms with E-state index in [1.165, 1.54) is 0 Å². The Morgan fingerprint density at radius 1 is 1.32 bits per heavy atom. The second-order valence-electron chi connectivity index (χ2n) is 4.59. The van der Waals surface area contributed by atoms with E-state index in [1.54, 1.807) is 0 Å². The summed E-state index contributed by atoms with van der Waals surface area (Å²) in [6.07, 6.45) is 0.530. The third-order valence-electron chi connectivity index (χ3n) is 2.93. The highest BCUT2D eigenvalue weighted by atomic mass is 16.2. The molecule has 3 heteroatoms. The molecule has 0 fully saturated rings. The van der Waals surface area contributed by atoms with Crippen LogP contribution in [0.2, 0.25) is 0 Å². The van der Waals surface area contributed by atoms with Crippen LogP contribution in [0.3, 0.4) is 0 Å². The molecule has 0 aliphatic heterocycles. The van der Waals surface area contributed by atoms with Crippen LogP contribution in [0.4, 0.5) is 0 Å². The van der Waals surface area contributed by atoms with E-state index < -0.39 is 0 Å². The number of nitrogens with zero attached hydrogens (tertiary/aromatic N) is 2. The Morgan fingerprint density at radius 2 is 2.05 bits per heavy atom. The van der Waals surface area contributed by atoms with Crippen LogP contribution in [0.15, 0.2) is 24.3 Å². The van der Waals surface area contributed by atoms with Crippen molar-refractivity contribution in [2.24, 2.45) is 0 Å². The molecule has 0 saturated carbocycles. The second kappa shape index (κ2) is 8.32. The Balaban J connectivity index is 2.87. The molecule has 0 aliphatic rings. The molecule has 0 radical (unpaired) electrons. The fourth-order valence-electron chi connectivity index (χ4n) is 1.85. The molecule has 0 atom stereocenters. The molecule has 1 rings (SSSR count). The summed E-state index contributed by atoms with van der Waals surface area (Å²) in [5.41, 5.74) is 2.08. The van der Waals surface area contributed by atoms with Crippen molar-refractivity contribution in [2.45, 2.75) is 32.9 Å². The maximum Gasteiger partial charge on any atom is 0.104 e. The summed E-state index contributed by atoms with van der Waals surface area (Å²) in [6, 6.07) is 10.5. The van der Waals surface area contributed by atoms with Gasteiger partial charge in [-0.25, -0.2) is 0 Å². The van der Waals surface area contributed by atoms with Gasteiger partial charge in [-0.2, -0.15) is 5.26 Å². The molecule has 100 valence electrons. The van der Waals surface area contributed by atoms with Gasteiger partial charge in [-0.1, -0.05) is 30.0 Å². The quantitative estimate of drug-likeness (QED) is 0.821. The van der Waals surface area contributed by atoms with Crippen LogP contribution < -0.4 is 0 Å². The van der Waals surface area contributed by atoms with Crippen molar-refractivity contribution in [2.75, 3.05) is 13.2 Å². The average Bonchev–Trinajstić information content (AvgIpc) is 2.41. The molecule has 0 spiro atoms. The number of aliphatic hydroxyl groups excluding tert-OH is 1. The first-order valence-corrected chi connectivity index (χ1v) is 6.47. The van der Waals surface area contributed by atoms with Gasteiger partial charge in [0.15, 0.2) is 0 Å². The van der Waals surface area contributed by atoms with Crippen LogP contribution in [-0.2, 0) is 6.54 Å². The minimum atomic E-state index is -0.128. The molecule has 0 amide bonds. The van der Waals surface area contributed by atoms with Crippen LogP contribution in [0.1, 0.15) is 31.4 Å². The fraction of sp³-hybridized carbons (Fsp3) is 0.438. The Bertz CT molecular complexity index is 491. The number of hydrogen-bond acceptors (Lipinski definition) is 3. The summed E-state index contributed by atoms with van der Waals surface area (Å²) in [7, 11) is 0. The van der Waals surface area contributed by atoms with Crippen molar-refractivity contribution >= 4 is 0 Å². The first-order chi connectivity index (χ1) is 9.19. The van der Waals surface area contributed by atoms with Crippen LogP contribution in [0, 0.1) is 23.2 Å². The molecule has 0 aliphatic carbocycles. The van der Waals surface area contributed by atoms with E-state index in [0.717, 1.165) is 24.2 Å². The maximum atomic E-state index is 8.78. The molecule has 0 bridgehead atoms. The highest BCUT2D eigenvalue weighted by molar-refractivity contribution is 5.41. The van der Waals surface area contributed by atoms with E-state index in [1.807, 2.05) is 24.3 Å². The SMILES string of the molecule is CC(C)N(CCC#N)Cc1ccccc1C#CCO. The van der Waals surface area contributed by atoms with Gasteiger partial charge in [0.1, 0.15) is 6.61 Å². The molecule has 0 heterocycles. The van der Waals surface area contributed by atoms with E-state index in [0.29, 0.717) is 12.5 Å².